The molecule has 9 heteroatoms. The lowest BCUT2D eigenvalue weighted by Crippen LogP contribution is -2.50. The number of hydrogen-bond acceptors (Lipinski definition) is 8. The van der Waals surface area contributed by atoms with E-state index in [0.717, 1.165) is 0 Å². The van der Waals surface area contributed by atoms with Crippen LogP contribution >= 0.6 is 0 Å². The lowest BCUT2D eigenvalue weighted by molar-refractivity contribution is 0.0697. The summed E-state index contributed by atoms with van der Waals surface area (Å²) in [6.45, 7) is -1.21. The van der Waals surface area contributed by atoms with Gasteiger partial charge in [-0.1, -0.05) is 0 Å². The predicted octanol–water partition coefficient (Wildman–Crippen LogP) is -3.37. The number of nitrogens with zero attached hydrogens (tertiary/aromatic N) is 3. The quantitative estimate of drug-likeness (QED) is 0.366. The van der Waals surface area contributed by atoms with Gasteiger partial charge in [0.05, 0.1) is 31.6 Å². The minimum Gasteiger partial charge on any atom is -0.394 e. The second kappa shape index (κ2) is 7.57. The van der Waals surface area contributed by atoms with Crippen molar-refractivity contribution in [3.63, 3.8) is 0 Å². The van der Waals surface area contributed by atoms with Gasteiger partial charge in [0.2, 0.25) is 0 Å². The Morgan fingerprint density at radius 1 is 1.29 bits per heavy atom. The van der Waals surface area contributed by atoms with E-state index in [9.17, 15) is 4.79 Å². The molecule has 1 aromatic rings. The standard InChI is InChI=1S/C4H4N4O.C4H11NO3/c5-4(9)3-1-2-6-8-7-3;5-4(1-6,2-7)3-8/h1-2H,(H2,5,9);6-8H,1-3,5H2. The van der Waals surface area contributed by atoms with E-state index >= 15 is 0 Å². The van der Waals surface area contributed by atoms with Crippen molar-refractivity contribution in [3.05, 3.63) is 18.0 Å². The molecule has 7 N–H and O–H groups in total. The maximum atomic E-state index is 10.3. The van der Waals surface area contributed by atoms with E-state index in [1.807, 2.05) is 0 Å². The summed E-state index contributed by atoms with van der Waals surface area (Å²) >= 11 is 0. The van der Waals surface area contributed by atoms with Crippen molar-refractivity contribution in [1.82, 2.24) is 15.4 Å². The molecule has 0 atom stereocenters. The lowest BCUT2D eigenvalue weighted by Gasteiger charge is -2.20. The minimum atomic E-state index is -1.21. The van der Waals surface area contributed by atoms with Gasteiger partial charge in [0.1, 0.15) is 0 Å². The SMILES string of the molecule is NC(=O)c1ccnnn1.NC(CO)(CO)CO. The molecule has 1 heterocycles. The van der Waals surface area contributed by atoms with E-state index in [-0.39, 0.29) is 5.69 Å². The predicted molar refractivity (Wildman–Crippen MR) is 56.5 cm³/mol. The van der Waals surface area contributed by atoms with E-state index in [4.69, 9.17) is 26.8 Å². The number of carbonyl (C=O) groups is 1. The first-order chi connectivity index (χ1) is 7.99. The number of carbonyl (C=O) groups excluding carboxylic acids is 1. The van der Waals surface area contributed by atoms with Gasteiger partial charge in [0, 0.05) is 0 Å². The molecule has 0 aliphatic rings. The second-order valence-corrected chi connectivity index (χ2v) is 3.21. The summed E-state index contributed by atoms with van der Waals surface area (Å²) in [7, 11) is 0. The monoisotopic (exact) mass is 245 g/mol. The molecule has 1 amide bonds. The zero-order chi connectivity index (χ0) is 13.3. The summed E-state index contributed by atoms with van der Waals surface area (Å²) in [4.78, 5) is 10.3. The third-order valence-corrected chi connectivity index (χ3v) is 1.70. The topological polar surface area (TPSA) is 168 Å². The molecular formula is C8H15N5O4. The Bertz CT molecular complexity index is 322. The van der Waals surface area contributed by atoms with Crippen LogP contribution in [0.2, 0.25) is 0 Å². The Kier molecular flexibility index (Phi) is 6.82. The summed E-state index contributed by atoms with van der Waals surface area (Å²) in [6.07, 6.45) is 1.35. The zero-order valence-electron chi connectivity index (χ0n) is 9.02. The van der Waals surface area contributed by atoms with Crippen LogP contribution in [0.1, 0.15) is 10.5 Å². The highest BCUT2D eigenvalue weighted by atomic mass is 16.3. The van der Waals surface area contributed by atoms with Crippen molar-refractivity contribution in [2.45, 2.75) is 5.54 Å². The summed E-state index contributed by atoms with van der Waals surface area (Å²) < 4.78 is 0. The number of rotatable bonds is 4. The first-order valence-corrected chi connectivity index (χ1v) is 4.54. The Morgan fingerprint density at radius 2 is 1.82 bits per heavy atom. The number of aliphatic hydroxyl groups excluding tert-OH is 3. The normalized spacial score (nSPS) is 10.4. The van der Waals surface area contributed by atoms with Crippen LogP contribution in [-0.4, -0.2) is 62.0 Å². The first kappa shape index (κ1) is 15.3. The first-order valence-electron chi connectivity index (χ1n) is 4.54. The smallest absolute Gasteiger partial charge is 0.269 e. The van der Waals surface area contributed by atoms with E-state index in [1.54, 1.807) is 0 Å². The van der Waals surface area contributed by atoms with Gasteiger partial charge in [-0.15, -0.1) is 10.2 Å². The highest BCUT2D eigenvalue weighted by Gasteiger charge is 2.20. The molecule has 17 heavy (non-hydrogen) atoms. The van der Waals surface area contributed by atoms with Crippen molar-refractivity contribution < 1.29 is 20.1 Å². The summed E-state index contributed by atoms with van der Waals surface area (Å²) in [5, 5.41) is 34.9. The van der Waals surface area contributed by atoms with E-state index in [0.29, 0.717) is 0 Å². The van der Waals surface area contributed by atoms with Gasteiger partial charge in [0.15, 0.2) is 5.69 Å². The number of nitrogens with two attached hydrogens (primary N) is 2. The maximum Gasteiger partial charge on any atom is 0.269 e. The number of amides is 1. The third-order valence-electron chi connectivity index (χ3n) is 1.70. The average molecular weight is 245 g/mol. The van der Waals surface area contributed by atoms with Crippen LogP contribution in [0.25, 0.3) is 0 Å². The highest BCUT2D eigenvalue weighted by molar-refractivity contribution is 5.90. The van der Waals surface area contributed by atoms with Gasteiger partial charge >= 0.3 is 0 Å². The van der Waals surface area contributed by atoms with Gasteiger partial charge in [-0.05, 0) is 11.3 Å². The summed E-state index contributed by atoms with van der Waals surface area (Å²) in [5.41, 5.74) is 8.91. The molecule has 1 aromatic heterocycles. The molecule has 1 rings (SSSR count). The Morgan fingerprint density at radius 3 is 2.00 bits per heavy atom. The molecule has 0 aliphatic carbocycles. The number of hydrogen-bond donors (Lipinski definition) is 5. The molecule has 0 aromatic carbocycles. The Balaban J connectivity index is 0.000000304. The number of aromatic nitrogens is 3. The number of aliphatic hydroxyl groups is 3. The Hall–Kier alpha value is -1.68. The highest BCUT2D eigenvalue weighted by Crippen LogP contribution is 1.93. The van der Waals surface area contributed by atoms with Crippen molar-refractivity contribution in [2.75, 3.05) is 19.8 Å². The fraction of sp³-hybridized carbons (Fsp3) is 0.500. The fourth-order valence-electron chi connectivity index (χ4n) is 0.522. The van der Waals surface area contributed by atoms with Crippen LogP contribution in [0.3, 0.4) is 0 Å². The van der Waals surface area contributed by atoms with Gasteiger partial charge in [-0.3, -0.25) is 4.79 Å². The van der Waals surface area contributed by atoms with Gasteiger partial charge in [-0.2, -0.15) is 0 Å². The molecule has 0 saturated carbocycles. The third kappa shape index (κ3) is 5.82. The van der Waals surface area contributed by atoms with Crippen LogP contribution < -0.4 is 11.5 Å². The maximum absolute atomic E-state index is 10.3. The van der Waals surface area contributed by atoms with Crippen molar-refractivity contribution >= 4 is 5.91 Å². The molecule has 0 unspecified atom stereocenters. The largest absolute Gasteiger partial charge is 0.394 e. The van der Waals surface area contributed by atoms with Gasteiger partial charge in [-0.25, -0.2) is 0 Å². The van der Waals surface area contributed by atoms with Crippen molar-refractivity contribution in [1.29, 1.82) is 0 Å². The fourth-order valence-corrected chi connectivity index (χ4v) is 0.522. The molecule has 0 bridgehead atoms. The van der Waals surface area contributed by atoms with Crippen molar-refractivity contribution in [3.8, 4) is 0 Å². The Labute approximate surface area is 97.1 Å². The average Bonchev–Trinajstić information content (AvgIpc) is 2.39. The molecule has 96 valence electrons. The van der Waals surface area contributed by atoms with Crippen LogP contribution in [-0.2, 0) is 0 Å². The van der Waals surface area contributed by atoms with E-state index < -0.39 is 31.3 Å². The van der Waals surface area contributed by atoms with Crippen LogP contribution in [0.5, 0.6) is 0 Å². The van der Waals surface area contributed by atoms with Gasteiger partial charge < -0.3 is 26.8 Å². The molecule has 9 nitrogen and oxygen atoms in total. The molecule has 0 saturated heterocycles. The van der Waals surface area contributed by atoms with Gasteiger partial charge in [0.25, 0.3) is 5.91 Å². The number of primary amides is 1. The van der Waals surface area contributed by atoms with Crippen LogP contribution in [0.4, 0.5) is 0 Å². The minimum absolute atomic E-state index is 0.130. The molecule has 0 radical (unpaired) electrons. The van der Waals surface area contributed by atoms with Crippen LogP contribution in [0.15, 0.2) is 12.3 Å². The van der Waals surface area contributed by atoms with E-state index in [2.05, 4.69) is 15.4 Å². The molecule has 0 aliphatic heterocycles. The molecule has 0 spiro atoms. The summed E-state index contributed by atoms with van der Waals surface area (Å²) in [6, 6.07) is 1.40. The molecular weight excluding hydrogens is 230 g/mol. The lowest BCUT2D eigenvalue weighted by atomic mass is 10.1. The summed E-state index contributed by atoms with van der Waals surface area (Å²) in [5.74, 6) is -0.593. The zero-order valence-corrected chi connectivity index (χ0v) is 9.02. The van der Waals surface area contributed by atoms with Crippen molar-refractivity contribution in [2.24, 2.45) is 11.5 Å². The molecule has 0 fully saturated rings. The van der Waals surface area contributed by atoms with Crippen LogP contribution in [0, 0.1) is 0 Å². The van der Waals surface area contributed by atoms with E-state index in [1.165, 1.54) is 12.3 Å². The second-order valence-electron chi connectivity index (χ2n) is 3.21.